The Morgan fingerprint density at radius 2 is 2.15 bits per heavy atom. The van der Waals surface area contributed by atoms with E-state index in [1.165, 1.54) is 0 Å². The quantitative estimate of drug-likeness (QED) is 0.723. The van der Waals surface area contributed by atoms with Gasteiger partial charge in [0.15, 0.2) is 0 Å². The van der Waals surface area contributed by atoms with Gasteiger partial charge in [0, 0.05) is 48.7 Å². The summed E-state index contributed by atoms with van der Waals surface area (Å²) in [6, 6.07) is 6.01. The second-order valence-corrected chi connectivity index (χ2v) is 7.08. The maximum atomic E-state index is 10.0. The van der Waals surface area contributed by atoms with Gasteiger partial charge in [0.05, 0.1) is 24.0 Å². The van der Waals surface area contributed by atoms with Crippen molar-refractivity contribution in [2.24, 2.45) is 13.0 Å². The molecule has 0 saturated heterocycles. The average Bonchev–Trinajstić information content (AvgIpc) is 3.33. The highest BCUT2D eigenvalue weighted by Crippen LogP contribution is 2.47. The van der Waals surface area contributed by atoms with Crippen molar-refractivity contribution >= 4 is 0 Å². The van der Waals surface area contributed by atoms with Crippen molar-refractivity contribution < 1.29 is 9.84 Å². The van der Waals surface area contributed by atoms with Gasteiger partial charge in [-0.25, -0.2) is 4.98 Å². The lowest BCUT2D eigenvalue weighted by atomic mass is 10.1. The van der Waals surface area contributed by atoms with Crippen molar-refractivity contribution in [2.75, 3.05) is 6.61 Å². The van der Waals surface area contributed by atoms with Crippen molar-refractivity contribution in [1.29, 1.82) is 0 Å². The lowest BCUT2D eigenvalue weighted by molar-refractivity contribution is 0.194. The molecule has 1 saturated carbocycles. The van der Waals surface area contributed by atoms with Crippen LogP contribution in [0, 0.1) is 12.8 Å². The molecule has 1 fully saturated rings. The molecule has 0 spiro atoms. The molecule has 0 bridgehead atoms. The molecule has 3 aromatic heterocycles. The molecular formula is C20H23N5O2. The zero-order valence-electron chi connectivity index (χ0n) is 15.7. The highest BCUT2D eigenvalue weighted by molar-refractivity contribution is 5.69. The molecule has 1 aliphatic rings. The maximum Gasteiger partial charge on any atom is 0.224 e. The van der Waals surface area contributed by atoms with Crippen LogP contribution < -0.4 is 4.74 Å². The number of aryl methyl sites for hydroxylation is 2. The van der Waals surface area contributed by atoms with E-state index in [4.69, 9.17) is 4.74 Å². The van der Waals surface area contributed by atoms with Crippen molar-refractivity contribution in [2.45, 2.75) is 32.3 Å². The Balaban J connectivity index is 1.55. The van der Waals surface area contributed by atoms with Crippen LogP contribution >= 0.6 is 0 Å². The molecule has 3 aromatic rings. The Kier molecular flexibility index (Phi) is 4.61. The highest BCUT2D eigenvalue weighted by atomic mass is 16.5. The molecule has 140 valence electrons. The number of hydrogen-bond acceptors (Lipinski definition) is 6. The molecule has 0 radical (unpaired) electrons. The number of ether oxygens (including phenoxy) is 1. The maximum absolute atomic E-state index is 10.0. The zero-order chi connectivity index (χ0) is 19.0. The molecule has 0 amide bonds. The number of rotatable bonds is 6. The number of aliphatic hydroxyl groups is 1. The van der Waals surface area contributed by atoms with E-state index >= 15 is 0 Å². The van der Waals surface area contributed by atoms with E-state index in [1.54, 1.807) is 17.8 Å². The van der Waals surface area contributed by atoms with E-state index in [0.717, 1.165) is 23.2 Å². The van der Waals surface area contributed by atoms with Crippen LogP contribution in [0.5, 0.6) is 5.88 Å². The van der Waals surface area contributed by atoms with Gasteiger partial charge in [-0.05, 0) is 32.4 Å². The SMILES string of the molecule is Cc1ncc(-c2cn(C)nc2C(C)O)c(OCC2CC2c2ccccn2)n1. The summed E-state index contributed by atoms with van der Waals surface area (Å²) in [7, 11) is 1.83. The van der Waals surface area contributed by atoms with E-state index in [1.807, 2.05) is 38.5 Å². The van der Waals surface area contributed by atoms with Crippen LogP contribution in [0.15, 0.2) is 36.8 Å². The number of hydrogen-bond donors (Lipinski definition) is 1. The molecule has 3 unspecified atom stereocenters. The number of nitrogens with zero attached hydrogens (tertiary/aromatic N) is 5. The van der Waals surface area contributed by atoms with Crippen LogP contribution in [0.4, 0.5) is 0 Å². The summed E-state index contributed by atoms with van der Waals surface area (Å²) in [6.07, 6.45) is 5.81. The summed E-state index contributed by atoms with van der Waals surface area (Å²) in [5.74, 6) is 2.06. The van der Waals surface area contributed by atoms with E-state index < -0.39 is 6.10 Å². The number of aromatic nitrogens is 5. The molecule has 4 rings (SSSR count). The van der Waals surface area contributed by atoms with Gasteiger partial charge < -0.3 is 9.84 Å². The monoisotopic (exact) mass is 365 g/mol. The third-order valence-corrected chi connectivity index (χ3v) is 4.84. The fourth-order valence-corrected chi connectivity index (χ4v) is 3.34. The summed E-state index contributed by atoms with van der Waals surface area (Å²) in [6.45, 7) is 4.11. The first kappa shape index (κ1) is 17.6. The van der Waals surface area contributed by atoms with Gasteiger partial charge in [-0.1, -0.05) is 6.07 Å². The standard InChI is InChI=1S/C20H23N5O2/c1-12(26)19-17(10-25(3)24-19)16-9-22-13(2)23-20(16)27-11-14-8-15(14)18-6-4-5-7-21-18/h4-7,9-10,12,14-15,26H,8,11H2,1-3H3. The Bertz CT molecular complexity index is 939. The molecular weight excluding hydrogens is 342 g/mol. The first-order valence-electron chi connectivity index (χ1n) is 9.12. The van der Waals surface area contributed by atoms with Crippen molar-refractivity contribution in [1.82, 2.24) is 24.7 Å². The lowest BCUT2D eigenvalue weighted by Gasteiger charge is -2.11. The van der Waals surface area contributed by atoms with Gasteiger partial charge in [0.1, 0.15) is 5.82 Å². The summed E-state index contributed by atoms with van der Waals surface area (Å²) in [5.41, 5.74) is 3.25. The molecule has 7 nitrogen and oxygen atoms in total. The molecule has 27 heavy (non-hydrogen) atoms. The predicted octanol–water partition coefficient (Wildman–Crippen LogP) is 2.82. The van der Waals surface area contributed by atoms with Crippen LogP contribution in [0.2, 0.25) is 0 Å². The second kappa shape index (κ2) is 7.08. The number of aliphatic hydroxyl groups excluding tert-OH is 1. The summed E-state index contributed by atoms with van der Waals surface area (Å²) in [4.78, 5) is 13.2. The Morgan fingerprint density at radius 3 is 2.89 bits per heavy atom. The number of pyridine rings is 1. The molecule has 1 aliphatic carbocycles. The molecule has 3 heterocycles. The van der Waals surface area contributed by atoms with Crippen LogP contribution in [0.3, 0.4) is 0 Å². The largest absolute Gasteiger partial charge is 0.477 e. The highest BCUT2D eigenvalue weighted by Gasteiger charge is 2.40. The van der Waals surface area contributed by atoms with Crippen molar-refractivity contribution in [3.05, 3.63) is 54.0 Å². The van der Waals surface area contributed by atoms with Crippen molar-refractivity contribution in [3.63, 3.8) is 0 Å². The van der Waals surface area contributed by atoms with Crippen LogP contribution in [0.1, 0.15) is 42.6 Å². The molecule has 7 heteroatoms. The topological polar surface area (TPSA) is 86.0 Å². The molecule has 3 atom stereocenters. The van der Waals surface area contributed by atoms with Crippen LogP contribution in [0.25, 0.3) is 11.1 Å². The summed E-state index contributed by atoms with van der Waals surface area (Å²) in [5, 5.41) is 14.4. The van der Waals surface area contributed by atoms with Gasteiger partial charge >= 0.3 is 0 Å². The molecule has 0 aromatic carbocycles. The minimum Gasteiger partial charge on any atom is -0.477 e. The smallest absolute Gasteiger partial charge is 0.224 e. The third-order valence-electron chi connectivity index (χ3n) is 4.84. The van der Waals surface area contributed by atoms with Crippen LogP contribution in [-0.4, -0.2) is 36.4 Å². The third kappa shape index (κ3) is 3.68. The lowest BCUT2D eigenvalue weighted by Crippen LogP contribution is -2.06. The first-order valence-corrected chi connectivity index (χ1v) is 9.12. The minimum atomic E-state index is -0.688. The van der Waals surface area contributed by atoms with Crippen LogP contribution in [-0.2, 0) is 7.05 Å². The van der Waals surface area contributed by atoms with Crippen molar-refractivity contribution in [3.8, 4) is 17.0 Å². The first-order chi connectivity index (χ1) is 13.0. The Labute approximate surface area is 158 Å². The van der Waals surface area contributed by atoms with E-state index in [0.29, 0.717) is 35.8 Å². The van der Waals surface area contributed by atoms with E-state index in [9.17, 15) is 5.11 Å². The van der Waals surface area contributed by atoms with E-state index in [-0.39, 0.29) is 0 Å². The fourth-order valence-electron chi connectivity index (χ4n) is 3.34. The molecule has 1 N–H and O–H groups in total. The Morgan fingerprint density at radius 1 is 1.30 bits per heavy atom. The zero-order valence-corrected chi connectivity index (χ0v) is 15.7. The predicted molar refractivity (Wildman–Crippen MR) is 100 cm³/mol. The second-order valence-electron chi connectivity index (χ2n) is 7.08. The van der Waals surface area contributed by atoms with Gasteiger partial charge in [0.25, 0.3) is 0 Å². The summed E-state index contributed by atoms with van der Waals surface area (Å²) < 4.78 is 7.77. The van der Waals surface area contributed by atoms with Gasteiger partial charge in [-0.3, -0.25) is 9.67 Å². The summed E-state index contributed by atoms with van der Waals surface area (Å²) >= 11 is 0. The molecule has 0 aliphatic heterocycles. The fraction of sp³-hybridized carbons (Fsp3) is 0.400. The van der Waals surface area contributed by atoms with Gasteiger partial charge in [0.2, 0.25) is 5.88 Å². The average molecular weight is 365 g/mol. The van der Waals surface area contributed by atoms with E-state index in [2.05, 4.69) is 26.1 Å². The van der Waals surface area contributed by atoms with Gasteiger partial charge in [-0.2, -0.15) is 10.1 Å². The Hall–Kier alpha value is -2.80. The minimum absolute atomic E-state index is 0.438. The van der Waals surface area contributed by atoms with Gasteiger partial charge in [-0.15, -0.1) is 0 Å². The normalized spacial score (nSPS) is 19.7.